The van der Waals surface area contributed by atoms with Crippen LogP contribution in [0.15, 0.2) is 42.5 Å². The summed E-state index contributed by atoms with van der Waals surface area (Å²) in [6.45, 7) is 4.03. The van der Waals surface area contributed by atoms with Crippen LogP contribution in [0.25, 0.3) is 0 Å². The Morgan fingerprint density at radius 2 is 1.70 bits per heavy atom. The maximum Gasteiger partial charge on any atom is 0.354 e. The van der Waals surface area contributed by atoms with Gasteiger partial charge in [-0.05, 0) is 24.6 Å². The van der Waals surface area contributed by atoms with Crippen molar-refractivity contribution in [1.82, 2.24) is 4.57 Å². The summed E-state index contributed by atoms with van der Waals surface area (Å²) in [5.74, 6) is -0.479. The Hall–Kier alpha value is -2.36. The van der Waals surface area contributed by atoms with Crippen LogP contribution in [0.1, 0.15) is 40.4 Å². The zero-order valence-electron chi connectivity index (χ0n) is 11.6. The molecule has 0 aliphatic rings. The Bertz CT molecular complexity index is 614. The first-order chi connectivity index (χ1) is 9.63. The highest BCUT2D eigenvalue weighted by atomic mass is 16.5. The average Bonchev–Trinajstić information content (AvgIpc) is 2.84. The van der Waals surface area contributed by atoms with Crippen LogP contribution in [-0.4, -0.2) is 22.9 Å². The van der Waals surface area contributed by atoms with Crippen molar-refractivity contribution in [2.75, 3.05) is 6.61 Å². The molecular weight excluding hydrogens is 254 g/mol. The predicted octanol–water partition coefficient (Wildman–Crippen LogP) is 2.92. The fraction of sp³-hybridized carbons (Fsp3) is 0.250. The van der Waals surface area contributed by atoms with Crippen molar-refractivity contribution in [1.29, 1.82) is 0 Å². The second-order valence-electron chi connectivity index (χ2n) is 4.45. The van der Waals surface area contributed by atoms with Gasteiger partial charge in [0.2, 0.25) is 0 Å². The lowest BCUT2D eigenvalue weighted by molar-refractivity contribution is 0.0514. The van der Waals surface area contributed by atoms with Gasteiger partial charge in [-0.2, -0.15) is 0 Å². The summed E-state index contributed by atoms with van der Waals surface area (Å²) in [6.07, 6.45) is 0. The molecule has 4 nitrogen and oxygen atoms in total. The standard InChI is InChI=1S/C16H17NO3/c1-3-20-16(19)15-10-9-14(12(2)18)17(15)11-13-7-5-4-6-8-13/h4-10H,3,11H2,1-2H3. The molecule has 0 aliphatic heterocycles. The zero-order chi connectivity index (χ0) is 14.5. The molecule has 2 aromatic rings. The molecule has 0 bridgehead atoms. The average molecular weight is 271 g/mol. The quantitative estimate of drug-likeness (QED) is 0.620. The topological polar surface area (TPSA) is 48.3 Å². The maximum absolute atomic E-state index is 11.9. The van der Waals surface area contributed by atoms with E-state index in [0.717, 1.165) is 5.56 Å². The number of ether oxygens (including phenoxy) is 1. The number of hydrogen-bond acceptors (Lipinski definition) is 3. The molecule has 0 atom stereocenters. The minimum Gasteiger partial charge on any atom is -0.461 e. The van der Waals surface area contributed by atoms with Crippen molar-refractivity contribution >= 4 is 11.8 Å². The zero-order valence-corrected chi connectivity index (χ0v) is 11.6. The molecule has 20 heavy (non-hydrogen) atoms. The molecule has 0 N–H and O–H groups in total. The SMILES string of the molecule is CCOC(=O)c1ccc(C(C)=O)n1Cc1ccccc1. The van der Waals surface area contributed by atoms with Gasteiger partial charge in [0.15, 0.2) is 5.78 Å². The van der Waals surface area contributed by atoms with Crippen molar-refractivity contribution in [2.45, 2.75) is 20.4 Å². The number of Topliss-reactive ketones (excluding diaryl/α,β-unsaturated/α-hetero) is 1. The van der Waals surface area contributed by atoms with E-state index in [4.69, 9.17) is 4.74 Å². The van der Waals surface area contributed by atoms with Crippen LogP contribution >= 0.6 is 0 Å². The van der Waals surface area contributed by atoms with Crippen LogP contribution in [0.4, 0.5) is 0 Å². The molecule has 0 fully saturated rings. The van der Waals surface area contributed by atoms with E-state index in [1.165, 1.54) is 6.92 Å². The second-order valence-corrected chi connectivity index (χ2v) is 4.45. The van der Waals surface area contributed by atoms with Crippen molar-refractivity contribution in [2.24, 2.45) is 0 Å². The molecule has 0 saturated carbocycles. The van der Waals surface area contributed by atoms with Crippen LogP contribution in [0.2, 0.25) is 0 Å². The number of carbonyl (C=O) groups excluding carboxylic acids is 2. The van der Waals surface area contributed by atoms with Gasteiger partial charge in [-0.15, -0.1) is 0 Å². The lowest BCUT2D eigenvalue weighted by atomic mass is 10.2. The normalized spacial score (nSPS) is 10.3. The molecule has 0 aliphatic carbocycles. The number of carbonyl (C=O) groups is 2. The van der Waals surface area contributed by atoms with Gasteiger partial charge in [0, 0.05) is 13.5 Å². The fourth-order valence-electron chi connectivity index (χ4n) is 2.09. The first-order valence-electron chi connectivity index (χ1n) is 6.55. The largest absolute Gasteiger partial charge is 0.461 e. The Labute approximate surface area is 118 Å². The van der Waals surface area contributed by atoms with Crippen LogP contribution in [0, 0.1) is 0 Å². The summed E-state index contributed by atoms with van der Waals surface area (Å²) in [6, 6.07) is 13.0. The Morgan fingerprint density at radius 3 is 2.30 bits per heavy atom. The van der Waals surface area contributed by atoms with E-state index in [2.05, 4.69) is 0 Å². The first kappa shape index (κ1) is 14.1. The number of nitrogens with zero attached hydrogens (tertiary/aromatic N) is 1. The molecule has 0 amide bonds. The highest BCUT2D eigenvalue weighted by molar-refractivity contribution is 5.96. The van der Waals surface area contributed by atoms with E-state index in [1.54, 1.807) is 23.6 Å². The van der Waals surface area contributed by atoms with Gasteiger partial charge >= 0.3 is 5.97 Å². The summed E-state index contributed by atoms with van der Waals surface area (Å²) in [5, 5.41) is 0. The summed E-state index contributed by atoms with van der Waals surface area (Å²) in [5.41, 5.74) is 1.94. The third kappa shape index (κ3) is 2.96. The molecule has 1 heterocycles. The van der Waals surface area contributed by atoms with E-state index < -0.39 is 5.97 Å². The third-order valence-corrected chi connectivity index (χ3v) is 3.01. The Balaban J connectivity index is 2.39. The van der Waals surface area contributed by atoms with Crippen molar-refractivity contribution in [3.63, 3.8) is 0 Å². The highest BCUT2D eigenvalue weighted by Gasteiger charge is 2.18. The first-order valence-corrected chi connectivity index (χ1v) is 6.55. The molecule has 0 radical (unpaired) electrons. The van der Waals surface area contributed by atoms with E-state index >= 15 is 0 Å². The summed E-state index contributed by atoms with van der Waals surface area (Å²) in [4.78, 5) is 23.6. The number of ketones is 1. The molecule has 1 aromatic heterocycles. The van der Waals surface area contributed by atoms with E-state index in [-0.39, 0.29) is 5.78 Å². The lowest BCUT2D eigenvalue weighted by Gasteiger charge is -2.11. The number of rotatable bonds is 5. The molecule has 0 spiro atoms. The van der Waals surface area contributed by atoms with Gasteiger partial charge in [0.1, 0.15) is 5.69 Å². The number of aromatic nitrogens is 1. The van der Waals surface area contributed by atoms with Crippen molar-refractivity contribution in [3.05, 3.63) is 59.4 Å². The van der Waals surface area contributed by atoms with E-state index in [0.29, 0.717) is 24.5 Å². The Kier molecular flexibility index (Phi) is 4.35. The monoisotopic (exact) mass is 271 g/mol. The summed E-state index contributed by atoms with van der Waals surface area (Å²) >= 11 is 0. The van der Waals surface area contributed by atoms with Crippen LogP contribution in [-0.2, 0) is 11.3 Å². The molecule has 0 unspecified atom stereocenters. The van der Waals surface area contributed by atoms with Gasteiger partial charge in [-0.25, -0.2) is 4.79 Å². The van der Waals surface area contributed by atoms with Crippen LogP contribution in [0.3, 0.4) is 0 Å². The summed E-state index contributed by atoms with van der Waals surface area (Å²) < 4.78 is 6.73. The van der Waals surface area contributed by atoms with E-state index in [9.17, 15) is 9.59 Å². The van der Waals surface area contributed by atoms with Gasteiger partial charge in [0.05, 0.1) is 12.3 Å². The van der Waals surface area contributed by atoms with Gasteiger partial charge in [0.25, 0.3) is 0 Å². The van der Waals surface area contributed by atoms with Crippen molar-refractivity contribution < 1.29 is 14.3 Å². The maximum atomic E-state index is 11.9. The molecule has 0 saturated heterocycles. The highest BCUT2D eigenvalue weighted by Crippen LogP contribution is 2.15. The smallest absolute Gasteiger partial charge is 0.354 e. The minimum atomic E-state index is -0.407. The van der Waals surface area contributed by atoms with Crippen LogP contribution in [0.5, 0.6) is 0 Å². The summed E-state index contributed by atoms with van der Waals surface area (Å²) in [7, 11) is 0. The van der Waals surface area contributed by atoms with Crippen molar-refractivity contribution in [3.8, 4) is 0 Å². The third-order valence-electron chi connectivity index (χ3n) is 3.01. The molecule has 4 heteroatoms. The molecular formula is C16H17NO3. The molecule has 1 aromatic carbocycles. The fourth-order valence-corrected chi connectivity index (χ4v) is 2.09. The lowest BCUT2D eigenvalue weighted by Crippen LogP contribution is -2.16. The van der Waals surface area contributed by atoms with Gasteiger partial charge < -0.3 is 9.30 Å². The molecule has 104 valence electrons. The number of benzene rings is 1. The predicted molar refractivity (Wildman–Crippen MR) is 75.9 cm³/mol. The van der Waals surface area contributed by atoms with Gasteiger partial charge in [-0.1, -0.05) is 30.3 Å². The number of esters is 1. The van der Waals surface area contributed by atoms with Gasteiger partial charge in [-0.3, -0.25) is 4.79 Å². The number of hydrogen-bond donors (Lipinski definition) is 0. The molecule has 2 rings (SSSR count). The van der Waals surface area contributed by atoms with Crippen LogP contribution < -0.4 is 0 Å². The van der Waals surface area contributed by atoms with E-state index in [1.807, 2.05) is 30.3 Å². The minimum absolute atomic E-state index is 0.0727. The second kappa shape index (κ2) is 6.19. The Morgan fingerprint density at radius 1 is 1.05 bits per heavy atom.